The quantitative estimate of drug-likeness (QED) is 0.529. The number of amides is 1. The second-order valence-corrected chi connectivity index (χ2v) is 8.89. The smallest absolute Gasteiger partial charge is 0.225 e. The molecule has 2 atom stereocenters. The minimum absolute atomic E-state index is 0.182. The molecule has 0 radical (unpaired) electrons. The Bertz CT molecular complexity index is 692. The molecule has 1 amide bonds. The van der Waals surface area contributed by atoms with Crippen LogP contribution in [0.2, 0.25) is 0 Å². The Morgan fingerprint density at radius 3 is 2.70 bits per heavy atom. The van der Waals surface area contributed by atoms with Gasteiger partial charge < -0.3 is 20.0 Å². The molecular weight excluding hydrogens is 378 g/mol. The molecule has 30 heavy (non-hydrogen) atoms. The molecule has 1 saturated carbocycles. The lowest BCUT2D eigenvalue weighted by Crippen LogP contribution is -2.45. The largest absolute Gasteiger partial charge is 0.468 e. The van der Waals surface area contributed by atoms with E-state index in [2.05, 4.69) is 33.4 Å². The van der Waals surface area contributed by atoms with E-state index < -0.39 is 0 Å². The Kier molecular flexibility index (Phi) is 7.31. The van der Waals surface area contributed by atoms with Gasteiger partial charge in [-0.1, -0.05) is 12.8 Å². The van der Waals surface area contributed by atoms with Gasteiger partial charge in [0.25, 0.3) is 0 Å². The second-order valence-electron chi connectivity index (χ2n) is 8.89. The third-order valence-corrected chi connectivity index (χ3v) is 6.76. The molecule has 0 spiro atoms. The summed E-state index contributed by atoms with van der Waals surface area (Å²) >= 11 is 0. The van der Waals surface area contributed by atoms with Crippen LogP contribution in [-0.4, -0.2) is 67.0 Å². The molecule has 0 bridgehead atoms. The highest BCUT2D eigenvalue weighted by Gasteiger charge is 2.32. The van der Waals surface area contributed by atoms with E-state index in [0.29, 0.717) is 12.5 Å². The fourth-order valence-electron chi connectivity index (χ4n) is 5.12. The molecular formula is C23H37N5O2. The van der Waals surface area contributed by atoms with Crippen LogP contribution in [0.5, 0.6) is 0 Å². The van der Waals surface area contributed by atoms with Gasteiger partial charge in [0, 0.05) is 31.6 Å². The van der Waals surface area contributed by atoms with Crippen LogP contribution in [0, 0.1) is 5.92 Å². The van der Waals surface area contributed by atoms with Gasteiger partial charge in [0.2, 0.25) is 5.91 Å². The van der Waals surface area contributed by atoms with Crippen LogP contribution >= 0.6 is 0 Å². The monoisotopic (exact) mass is 415 g/mol. The summed E-state index contributed by atoms with van der Waals surface area (Å²) in [6, 6.07) is 4.46. The van der Waals surface area contributed by atoms with Crippen LogP contribution in [0.15, 0.2) is 27.8 Å². The number of likely N-dealkylation sites (tertiary alicyclic amines) is 2. The number of nitrogens with zero attached hydrogens (tertiary/aromatic N) is 3. The molecule has 3 fully saturated rings. The van der Waals surface area contributed by atoms with E-state index in [4.69, 9.17) is 9.41 Å². The third kappa shape index (κ3) is 5.17. The van der Waals surface area contributed by atoms with Crippen molar-refractivity contribution in [3.63, 3.8) is 0 Å². The minimum Gasteiger partial charge on any atom is -0.468 e. The van der Waals surface area contributed by atoms with Crippen molar-refractivity contribution in [3.8, 4) is 0 Å². The molecule has 7 nitrogen and oxygen atoms in total. The minimum atomic E-state index is 0.182. The molecule has 3 aliphatic rings. The highest BCUT2D eigenvalue weighted by Crippen LogP contribution is 2.28. The van der Waals surface area contributed by atoms with E-state index in [0.717, 1.165) is 63.7 Å². The average molecular weight is 416 g/mol. The Balaban J connectivity index is 1.35. The number of furan rings is 1. The highest BCUT2D eigenvalue weighted by atomic mass is 16.3. The van der Waals surface area contributed by atoms with Gasteiger partial charge in [-0.2, -0.15) is 0 Å². The zero-order valence-corrected chi connectivity index (χ0v) is 18.3. The van der Waals surface area contributed by atoms with Crippen molar-refractivity contribution in [2.24, 2.45) is 10.9 Å². The van der Waals surface area contributed by atoms with E-state index in [1.54, 1.807) is 6.26 Å². The van der Waals surface area contributed by atoms with E-state index in [9.17, 15) is 4.79 Å². The first-order chi connectivity index (χ1) is 14.7. The number of hydrogen-bond donors (Lipinski definition) is 2. The lowest BCUT2D eigenvalue weighted by Gasteiger charge is -2.25. The first-order valence-corrected chi connectivity index (χ1v) is 11.9. The van der Waals surface area contributed by atoms with Crippen molar-refractivity contribution >= 4 is 11.9 Å². The average Bonchev–Trinajstić information content (AvgIpc) is 3.57. The number of hydrogen-bond acceptors (Lipinski definition) is 4. The Morgan fingerprint density at radius 1 is 1.20 bits per heavy atom. The maximum Gasteiger partial charge on any atom is 0.225 e. The van der Waals surface area contributed by atoms with Crippen LogP contribution in [0.4, 0.5) is 0 Å². The van der Waals surface area contributed by atoms with Crippen LogP contribution in [0.3, 0.4) is 0 Å². The first kappa shape index (κ1) is 21.2. The number of nitrogens with one attached hydrogen (secondary N) is 2. The molecule has 1 aliphatic carbocycles. The Labute approximate surface area is 180 Å². The predicted molar refractivity (Wildman–Crippen MR) is 118 cm³/mol. The molecule has 2 N–H and O–H groups in total. The van der Waals surface area contributed by atoms with E-state index in [-0.39, 0.29) is 18.0 Å². The summed E-state index contributed by atoms with van der Waals surface area (Å²) in [5.74, 6) is 2.46. The van der Waals surface area contributed by atoms with Gasteiger partial charge in [0.05, 0.1) is 18.8 Å². The summed E-state index contributed by atoms with van der Waals surface area (Å²) in [6.45, 7) is 7.42. The van der Waals surface area contributed by atoms with Crippen LogP contribution in [-0.2, 0) is 4.79 Å². The van der Waals surface area contributed by atoms with E-state index in [1.807, 2.05) is 6.07 Å². The van der Waals surface area contributed by atoms with Crippen molar-refractivity contribution in [1.29, 1.82) is 0 Å². The number of aliphatic imine (C=N–C) groups is 1. The molecule has 0 aromatic carbocycles. The van der Waals surface area contributed by atoms with Crippen LogP contribution in [0.1, 0.15) is 63.7 Å². The second kappa shape index (κ2) is 10.3. The molecule has 1 aromatic heterocycles. The van der Waals surface area contributed by atoms with E-state index >= 15 is 0 Å². The fraction of sp³-hybridized carbons (Fsp3) is 0.739. The van der Waals surface area contributed by atoms with Gasteiger partial charge in [-0.15, -0.1) is 0 Å². The van der Waals surface area contributed by atoms with Crippen LogP contribution < -0.4 is 10.6 Å². The first-order valence-electron chi connectivity index (χ1n) is 11.9. The standard InChI is InChI=1S/C23H37N5O2/c1-2-24-23(25-16-20(21-10-7-15-30-21)27-12-5-6-13-27)26-19-11-14-28(17-19)22(29)18-8-3-4-9-18/h7,10,15,18-20H,2-6,8-9,11-14,16-17H2,1H3,(H2,24,25,26). The van der Waals surface area contributed by atoms with Crippen molar-refractivity contribution in [1.82, 2.24) is 20.4 Å². The zero-order chi connectivity index (χ0) is 20.8. The van der Waals surface area contributed by atoms with Gasteiger partial charge in [0.15, 0.2) is 5.96 Å². The van der Waals surface area contributed by atoms with E-state index in [1.165, 1.54) is 25.7 Å². The highest BCUT2D eigenvalue weighted by molar-refractivity contribution is 5.81. The molecule has 7 heteroatoms. The molecule has 3 heterocycles. The maximum atomic E-state index is 12.7. The maximum absolute atomic E-state index is 12.7. The molecule has 1 aromatic rings. The Hall–Kier alpha value is -2.02. The number of rotatable bonds is 7. The predicted octanol–water partition coefficient (Wildman–Crippen LogP) is 2.76. The summed E-state index contributed by atoms with van der Waals surface area (Å²) in [5.41, 5.74) is 0. The van der Waals surface area contributed by atoms with Gasteiger partial charge in [-0.25, -0.2) is 0 Å². The molecule has 2 unspecified atom stereocenters. The summed E-state index contributed by atoms with van der Waals surface area (Å²) in [4.78, 5) is 22.2. The van der Waals surface area contributed by atoms with Gasteiger partial charge in [-0.3, -0.25) is 14.7 Å². The number of carbonyl (C=O) groups excluding carboxylic acids is 1. The summed E-state index contributed by atoms with van der Waals surface area (Å²) in [5, 5.41) is 6.97. The number of guanidine groups is 1. The number of carbonyl (C=O) groups is 1. The topological polar surface area (TPSA) is 73.1 Å². The normalized spacial score (nSPS) is 24.5. The van der Waals surface area contributed by atoms with Gasteiger partial charge >= 0.3 is 0 Å². The molecule has 2 saturated heterocycles. The van der Waals surface area contributed by atoms with Crippen molar-refractivity contribution < 1.29 is 9.21 Å². The van der Waals surface area contributed by atoms with Gasteiger partial charge in [-0.05, 0) is 64.3 Å². The molecule has 2 aliphatic heterocycles. The summed E-state index contributed by atoms with van der Waals surface area (Å²) in [7, 11) is 0. The lowest BCUT2D eigenvalue weighted by molar-refractivity contribution is -0.134. The molecule has 166 valence electrons. The SMILES string of the molecule is CCNC(=NCC(c1ccco1)N1CCCC1)NC1CCN(C(=O)C2CCCC2)C1. The third-order valence-electron chi connectivity index (χ3n) is 6.76. The Morgan fingerprint density at radius 2 is 2.00 bits per heavy atom. The van der Waals surface area contributed by atoms with Gasteiger partial charge in [0.1, 0.15) is 5.76 Å². The molecule has 4 rings (SSSR count). The van der Waals surface area contributed by atoms with Crippen molar-refractivity contribution in [2.75, 3.05) is 39.3 Å². The summed E-state index contributed by atoms with van der Waals surface area (Å²) < 4.78 is 5.73. The van der Waals surface area contributed by atoms with Crippen LogP contribution in [0.25, 0.3) is 0 Å². The summed E-state index contributed by atoms with van der Waals surface area (Å²) in [6.07, 6.45) is 9.77. The van der Waals surface area contributed by atoms with Crippen molar-refractivity contribution in [3.05, 3.63) is 24.2 Å². The fourth-order valence-corrected chi connectivity index (χ4v) is 5.12. The lowest BCUT2D eigenvalue weighted by atomic mass is 10.1. The zero-order valence-electron chi connectivity index (χ0n) is 18.3. The van der Waals surface area contributed by atoms with Crippen molar-refractivity contribution in [2.45, 2.75) is 64.0 Å².